The molecule has 11 heteroatoms. The minimum Gasteiger partial charge on any atom is -0.495 e. The van der Waals surface area contributed by atoms with Crippen molar-refractivity contribution in [2.24, 2.45) is 0 Å². The molecular formula is C22H27N3O7S. The molecule has 3 rings (SSSR count). The highest BCUT2D eigenvalue weighted by atomic mass is 32.2. The summed E-state index contributed by atoms with van der Waals surface area (Å²) in [5.74, 6) is -0.0435. The van der Waals surface area contributed by atoms with E-state index in [9.17, 15) is 23.3 Å². The van der Waals surface area contributed by atoms with Crippen molar-refractivity contribution in [2.75, 3.05) is 31.5 Å². The van der Waals surface area contributed by atoms with E-state index in [1.54, 1.807) is 4.90 Å². The number of nitro benzene ring substituents is 1. The van der Waals surface area contributed by atoms with Crippen LogP contribution >= 0.6 is 0 Å². The Hall–Kier alpha value is -3.18. The maximum Gasteiger partial charge on any atom is 0.271 e. The first-order valence-corrected chi connectivity index (χ1v) is 12.1. The van der Waals surface area contributed by atoms with E-state index >= 15 is 0 Å². The number of sulfonamides is 1. The molecule has 1 amide bonds. The van der Waals surface area contributed by atoms with Crippen molar-refractivity contribution in [1.82, 2.24) is 4.90 Å². The van der Waals surface area contributed by atoms with Gasteiger partial charge in [0, 0.05) is 37.4 Å². The number of carbonyl (C=O) groups is 1. The van der Waals surface area contributed by atoms with Crippen LogP contribution in [0, 0.1) is 10.1 Å². The first kappa shape index (κ1) is 24.5. The number of hydrogen-bond donors (Lipinski definition) is 1. The molecule has 1 fully saturated rings. The highest BCUT2D eigenvalue weighted by Gasteiger charge is 2.25. The van der Waals surface area contributed by atoms with Gasteiger partial charge in [-0.15, -0.1) is 0 Å². The van der Waals surface area contributed by atoms with Gasteiger partial charge in [0.2, 0.25) is 0 Å². The number of piperidine rings is 1. The summed E-state index contributed by atoms with van der Waals surface area (Å²) in [7, 11) is -2.74. The molecule has 0 bridgehead atoms. The first-order chi connectivity index (χ1) is 15.7. The number of amides is 1. The SMILES string of the molecule is CCCOC1CCCN(C(=O)c2ccc(S(=O)(=O)Nc3cc([N+](=O)[O-])ccc3OC)cc2)C1. The van der Waals surface area contributed by atoms with Crippen LogP contribution in [-0.4, -0.2) is 57.1 Å². The van der Waals surface area contributed by atoms with E-state index in [2.05, 4.69) is 4.72 Å². The topological polar surface area (TPSA) is 128 Å². The fraction of sp³-hybridized carbons (Fsp3) is 0.409. The van der Waals surface area contributed by atoms with E-state index in [-0.39, 0.29) is 34.0 Å². The second kappa shape index (κ2) is 10.6. The van der Waals surface area contributed by atoms with Gasteiger partial charge < -0.3 is 14.4 Å². The van der Waals surface area contributed by atoms with Crippen LogP contribution in [-0.2, 0) is 14.8 Å². The molecule has 0 saturated carbocycles. The molecular weight excluding hydrogens is 450 g/mol. The molecule has 0 aromatic heterocycles. The largest absolute Gasteiger partial charge is 0.495 e. The molecule has 178 valence electrons. The number of likely N-dealkylation sites (tertiary alicyclic amines) is 1. The maximum absolute atomic E-state index is 12.9. The molecule has 33 heavy (non-hydrogen) atoms. The zero-order valence-corrected chi connectivity index (χ0v) is 19.3. The number of hydrogen-bond acceptors (Lipinski definition) is 7. The lowest BCUT2D eigenvalue weighted by Crippen LogP contribution is -2.43. The van der Waals surface area contributed by atoms with Crippen LogP contribution in [0.2, 0.25) is 0 Å². The number of nitrogens with zero attached hydrogens (tertiary/aromatic N) is 2. The number of benzene rings is 2. The van der Waals surface area contributed by atoms with Gasteiger partial charge in [0.1, 0.15) is 5.75 Å². The minimum atomic E-state index is -4.07. The predicted molar refractivity (Wildman–Crippen MR) is 122 cm³/mol. The number of methoxy groups -OCH3 is 1. The van der Waals surface area contributed by atoms with Crippen LogP contribution in [0.15, 0.2) is 47.4 Å². The number of rotatable bonds is 9. The van der Waals surface area contributed by atoms with Gasteiger partial charge in [-0.05, 0) is 49.6 Å². The summed E-state index contributed by atoms with van der Waals surface area (Å²) in [5.41, 5.74) is 0.0357. The molecule has 0 aliphatic carbocycles. The van der Waals surface area contributed by atoms with E-state index in [1.165, 1.54) is 43.5 Å². The summed E-state index contributed by atoms with van der Waals surface area (Å²) in [6.07, 6.45) is 2.68. The van der Waals surface area contributed by atoms with Gasteiger partial charge in [0.15, 0.2) is 0 Å². The van der Waals surface area contributed by atoms with E-state index in [0.29, 0.717) is 25.3 Å². The van der Waals surface area contributed by atoms with Gasteiger partial charge in [0.25, 0.3) is 21.6 Å². The fourth-order valence-electron chi connectivity index (χ4n) is 3.60. The predicted octanol–water partition coefficient (Wildman–Crippen LogP) is 3.44. The van der Waals surface area contributed by atoms with Crippen molar-refractivity contribution in [3.63, 3.8) is 0 Å². The zero-order chi connectivity index (χ0) is 24.0. The van der Waals surface area contributed by atoms with Gasteiger partial charge in [-0.2, -0.15) is 0 Å². The number of non-ortho nitro benzene ring substituents is 1. The van der Waals surface area contributed by atoms with Gasteiger partial charge >= 0.3 is 0 Å². The normalized spacial score (nSPS) is 16.3. The quantitative estimate of drug-likeness (QED) is 0.433. The molecule has 1 heterocycles. The van der Waals surface area contributed by atoms with Gasteiger partial charge in [-0.25, -0.2) is 8.42 Å². The Morgan fingerprint density at radius 3 is 2.61 bits per heavy atom. The van der Waals surface area contributed by atoms with E-state index < -0.39 is 14.9 Å². The minimum absolute atomic E-state index is 0.0106. The highest BCUT2D eigenvalue weighted by molar-refractivity contribution is 7.92. The summed E-state index contributed by atoms with van der Waals surface area (Å²) < 4.78 is 38.9. The van der Waals surface area contributed by atoms with E-state index in [4.69, 9.17) is 9.47 Å². The Morgan fingerprint density at radius 2 is 1.97 bits per heavy atom. The Morgan fingerprint density at radius 1 is 1.24 bits per heavy atom. The molecule has 1 atom stereocenters. The van der Waals surface area contributed by atoms with Crippen molar-refractivity contribution in [3.05, 3.63) is 58.1 Å². The van der Waals surface area contributed by atoms with Crippen LogP contribution in [0.1, 0.15) is 36.5 Å². The summed E-state index contributed by atoms with van der Waals surface area (Å²) in [6, 6.07) is 9.18. The maximum atomic E-state index is 12.9. The Bertz CT molecular complexity index is 1100. The van der Waals surface area contributed by atoms with Gasteiger partial charge in [0.05, 0.1) is 28.7 Å². The summed E-state index contributed by atoms with van der Waals surface area (Å²) in [4.78, 5) is 24.9. The summed E-state index contributed by atoms with van der Waals surface area (Å²) >= 11 is 0. The average molecular weight is 478 g/mol. The molecule has 0 spiro atoms. The molecule has 10 nitrogen and oxygen atoms in total. The lowest BCUT2D eigenvalue weighted by Gasteiger charge is -2.32. The van der Waals surface area contributed by atoms with Crippen LogP contribution in [0.4, 0.5) is 11.4 Å². The second-order valence-corrected chi connectivity index (χ2v) is 9.34. The molecule has 1 unspecified atom stereocenters. The third kappa shape index (κ3) is 5.99. The Balaban J connectivity index is 1.74. The number of nitrogens with one attached hydrogen (secondary N) is 1. The molecule has 1 saturated heterocycles. The van der Waals surface area contributed by atoms with Gasteiger partial charge in [-0.3, -0.25) is 19.6 Å². The van der Waals surface area contributed by atoms with Crippen molar-refractivity contribution < 1.29 is 27.6 Å². The number of carbonyl (C=O) groups excluding carboxylic acids is 1. The third-order valence-corrected chi connectivity index (χ3v) is 6.65. The van der Waals surface area contributed by atoms with Crippen molar-refractivity contribution in [2.45, 2.75) is 37.2 Å². The second-order valence-electron chi connectivity index (χ2n) is 7.66. The molecule has 0 radical (unpaired) electrons. The monoisotopic (exact) mass is 477 g/mol. The average Bonchev–Trinajstić information content (AvgIpc) is 2.82. The van der Waals surface area contributed by atoms with Crippen molar-refractivity contribution >= 4 is 27.3 Å². The van der Waals surface area contributed by atoms with Crippen LogP contribution < -0.4 is 9.46 Å². The van der Waals surface area contributed by atoms with Crippen LogP contribution in [0.5, 0.6) is 5.75 Å². The number of anilines is 1. The Labute approximate surface area is 192 Å². The number of ether oxygens (including phenoxy) is 2. The lowest BCUT2D eigenvalue weighted by atomic mass is 10.1. The first-order valence-electron chi connectivity index (χ1n) is 10.6. The lowest BCUT2D eigenvalue weighted by molar-refractivity contribution is -0.384. The summed E-state index contributed by atoms with van der Waals surface area (Å²) in [6.45, 7) is 3.82. The smallest absolute Gasteiger partial charge is 0.271 e. The standard InChI is InChI=1S/C22H27N3O7S/c1-3-13-32-18-5-4-12-24(15-18)22(26)16-6-9-19(10-7-16)33(29,30)23-20-14-17(25(27)28)8-11-21(20)31-2/h6-11,14,18,23H,3-5,12-13,15H2,1-2H3. The zero-order valence-electron chi connectivity index (χ0n) is 18.5. The molecule has 1 aliphatic heterocycles. The molecule has 1 N–H and O–H groups in total. The molecule has 2 aromatic carbocycles. The third-order valence-electron chi connectivity index (χ3n) is 5.27. The number of nitro groups is 1. The van der Waals surface area contributed by atoms with Crippen LogP contribution in [0.25, 0.3) is 0 Å². The van der Waals surface area contributed by atoms with E-state index in [1.807, 2.05) is 6.92 Å². The van der Waals surface area contributed by atoms with Crippen LogP contribution in [0.3, 0.4) is 0 Å². The molecule has 2 aromatic rings. The van der Waals surface area contributed by atoms with E-state index in [0.717, 1.165) is 25.3 Å². The van der Waals surface area contributed by atoms with Crippen molar-refractivity contribution in [3.8, 4) is 5.75 Å². The Kier molecular flexibility index (Phi) is 7.88. The fourth-order valence-corrected chi connectivity index (χ4v) is 4.66. The summed E-state index contributed by atoms with van der Waals surface area (Å²) in [5, 5.41) is 11.0. The van der Waals surface area contributed by atoms with Crippen molar-refractivity contribution in [1.29, 1.82) is 0 Å². The van der Waals surface area contributed by atoms with Gasteiger partial charge in [-0.1, -0.05) is 6.92 Å². The highest BCUT2D eigenvalue weighted by Crippen LogP contribution is 2.31. The molecule has 1 aliphatic rings.